The summed E-state index contributed by atoms with van der Waals surface area (Å²) in [4.78, 5) is 37.4. The Morgan fingerprint density at radius 2 is 1.85 bits per heavy atom. The van der Waals surface area contributed by atoms with Crippen LogP contribution in [-0.4, -0.2) is 36.1 Å². The Hall–Kier alpha value is -3.35. The predicted molar refractivity (Wildman–Crippen MR) is 108 cm³/mol. The van der Waals surface area contributed by atoms with Gasteiger partial charge < -0.3 is 20.6 Å². The number of amides is 1. The van der Waals surface area contributed by atoms with Crippen molar-refractivity contribution in [1.82, 2.24) is 4.90 Å². The summed E-state index contributed by atoms with van der Waals surface area (Å²) in [6, 6.07) is 4.35. The standard InChI is InChI=1S/C20H23N3O4/c1-6-12(7-2)11(3)21-15-16(19(26)18(15)25)22-14-10-8-9-13(17(14)24)20(27)23(4)5/h6-11,21-22,24H,1H2,2-5H3/b12-7+. The molecule has 27 heavy (non-hydrogen) atoms. The van der Waals surface area contributed by atoms with Crippen molar-refractivity contribution < 1.29 is 9.90 Å². The van der Waals surface area contributed by atoms with Crippen LogP contribution < -0.4 is 21.5 Å². The zero-order chi connectivity index (χ0) is 20.3. The van der Waals surface area contributed by atoms with Crippen molar-refractivity contribution in [3.8, 4) is 5.75 Å². The maximum absolute atomic E-state index is 12.1. The maximum Gasteiger partial charge on any atom is 0.257 e. The molecule has 0 aliphatic heterocycles. The second-order valence-corrected chi connectivity index (χ2v) is 6.29. The zero-order valence-corrected chi connectivity index (χ0v) is 15.8. The summed E-state index contributed by atoms with van der Waals surface area (Å²) in [5, 5.41) is 16.2. The van der Waals surface area contributed by atoms with E-state index in [0.717, 1.165) is 5.57 Å². The third-order valence-corrected chi connectivity index (χ3v) is 4.27. The molecule has 0 saturated carbocycles. The Morgan fingerprint density at radius 3 is 2.41 bits per heavy atom. The van der Waals surface area contributed by atoms with Gasteiger partial charge in [0.1, 0.15) is 11.4 Å². The van der Waals surface area contributed by atoms with Gasteiger partial charge in [-0.2, -0.15) is 0 Å². The second-order valence-electron chi connectivity index (χ2n) is 6.29. The molecule has 0 spiro atoms. The van der Waals surface area contributed by atoms with E-state index in [1.807, 2.05) is 19.9 Å². The molecule has 2 rings (SSSR count). The van der Waals surface area contributed by atoms with Crippen LogP contribution in [0.1, 0.15) is 24.2 Å². The summed E-state index contributed by atoms with van der Waals surface area (Å²) in [6.45, 7) is 7.40. The van der Waals surface area contributed by atoms with E-state index in [0.29, 0.717) is 0 Å². The average molecular weight is 369 g/mol. The van der Waals surface area contributed by atoms with Crippen molar-refractivity contribution in [2.24, 2.45) is 0 Å². The van der Waals surface area contributed by atoms with Gasteiger partial charge in [0.15, 0.2) is 5.75 Å². The number of nitrogens with one attached hydrogen (secondary N) is 2. The van der Waals surface area contributed by atoms with Crippen molar-refractivity contribution in [3.05, 3.63) is 68.5 Å². The number of phenolic OH excluding ortho intramolecular Hbond substituents is 1. The molecular weight excluding hydrogens is 346 g/mol. The molecule has 0 heterocycles. The number of nitrogens with zero attached hydrogens (tertiary/aromatic N) is 1. The molecule has 0 fully saturated rings. The van der Waals surface area contributed by atoms with Gasteiger partial charge in [0.2, 0.25) is 0 Å². The molecule has 0 aromatic heterocycles. The Balaban J connectivity index is 2.35. The lowest BCUT2D eigenvalue weighted by atomic mass is 10.1. The van der Waals surface area contributed by atoms with Crippen LogP contribution in [0.2, 0.25) is 0 Å². The van der Waals surface area contributed by atoms with Crippen molar-refractivity contribution in [3.63, 3.8) is 0 Å². The quantitative estimate of drug-likeness (QED) is 0.394. The van der Waals surface area contributed by atoms with Crippen LogP contribution in [0.4, 0.5) is 17.1 Å². The van der Waals surface area contributed by atoms with Crippen molar-refractivity contribution >= 4 is 23.0 Å². The van der Waals surface area contributed by atoms with Gasteiger partial charge in [0.05, 0.1) is 11.3 Å². The fraction of sp³-hybridized carbons (Fsp3) is 0.250. The van der Waals surface area contributed by atoms with Crippen LogP contribution in [0.25, 0.3) is 0 Å². The largest absolute Gasteiger partial charge is 0.505 e. The van der Waals surface area contributed by atoms with Gasteiger partial charge in [-0.3, -0.25) is 14.4 Å². The summed E-state index contributed by atoms with van der Waals surface area (Å²) in [7, 11) is 3.14. The molecule has 7 heteroatoms. The second kappa shape index (κ2) is 7.90. The Morgan fingerprint density at radius 1 is 1.22 bits per heavy atom. The van der Waals surface area contributed by atoms with Crippen LogP contribution in [-0.2, 0) is 0 Å². The third kappa shape index (κ3) is 3.76. The number of rotatable bonds is 7. The Kier molecular flexibility index (Phi) is 5.85. The number of aromatic hydroxyl groups is 1. The van der Waals surface area contributed by atoms with Crippen molar-refractivity contribution in [2.45, 2.75) is 19.9 Å². The van der Waals surface area contributed by atoms with Gasteiger partial charge in [-0.05, 0) is 31.6 Å². The minimum absolute atomic E-state index is 0.0520. The molecule has 3 N–H and O–H groups in total. The lowest BCUT2D eigenvalue weighted by molar-refractivity contribution is 0.0824. The van der Waals surface area contributed by atoms with E-state index >= 15 is 0 Å². The minimum atomic E-state index is -0.686. The molecule has 0 saturated heterocycles. The molecule has 0 aliphatic rings. The summed E-state index contributed by atoms with van der Waals surface area (Å²) in [6.07, 6.45) is 3.52. The molecule has 2 aromatic rings. The van der Waals surface area contributed by atoms with Gasteiger partial charge in [-0.15, -0.1) is 0 Å². The normalized spacial score (nSPS) is 12.5. The van der Waals surface area contributed by atoms with Crippen LogP contribution in [0, 0.1) is 0 Å². The van der Waals surface area contributed by atoms with E-state index < -0.39 is 10.9 Å². The number of phenols is 1. The molecule has 0 aliphatic carbocycles. The number of carbonyl (C=O) groups excluding carboxylic acids is 1. The highest BCUT2D eigenvalue weighted by molar-refractivity contribution is 5.99. The number of hydrogen-bond donors (Lipinski definition) is 3. The topological polar surface area (TPSA) is 98.7 Å². The van der Waals surface area contributed by atoms with Crippen molar-refractivity contribution in [2.75, 3.05) is 24.7 Å². The molecule has 142 valence electrons. The minimum Gasteiger partial charge on any atom is -0.505 e. The highest BCUT2D eigenvalue weighted by Gasteiger charge is 2.24. The number of hydrogen-bond acceptors (Lipinski definition) is 6. The highest BCUT2D eigenvalue weighted by Crippen LogP contribution is 2.32. The predicted octanol–water partition coefficient (Wildman–Crippen LogP) is 2.37. The Bertz CT molecular complexity index is 982. The first-order valence-electron chi connectivity index (χ1n) is 8.42. The average Bonchev–Trinajstić information content (AvgIpc) is 2.65. The number of anilines is 3. The van der Waals surface area contributed by atoms with Crippen LogP contribution >= 0.6 is 0 Å². The summed E-state index contributed by atoms with van der Waals surface area (Å²) < 4.78 is 0. The third-order valence-electron chi connectivity index (χ3n) is 4.27. The first-order valence-corrected chi connectivity index (χ1v) is 8.42. The molecule has 2 aromatic carbocycles. The van der Waals surface area contributed by atoms with E-state index in [-0.39, 0.29) is 40.3 Å². The van der Waals surface area contributed by atoms with E-state index in [1.54, 1.807) is 26.2 Å². The van der Waals surface area contributed by atoms with Gasteiger partial charge in [-0.25, -0.2) is 0 Å². The first kappa shape index (κ1) is 20.0. The molecule has 1 atom stereocenters. The highest BCUT2D eigenvalue weighted by atomic mass is 16.3. The summed E-state index contributed by atoms with van der Waals surface area (Å²) in [5.74, 6) is -0.666. The van der Waals surface area contributed by atoms with Crippen LogP contribution in [0.15, 0.2) is 52.1 Å². The summed E-state index contributed by atoms with van der Waals surface area (Å²) in [5.41, 5.74) is -0.00292. The molecule has 1 unspecified atom stereocenters. The first-order chi connectivity index (χ1) is 12.7. The maximum atomic E-state index is 12.1. The van der Waals surface area contributed by atoms with Crippen LogP contribution in [0.5, 0.6) is 5.75 Å². The van der Waals surface area contributed by atoms with Gasteiger partial charge in [0.25, 0.3) is 16.8 Å². The summed E-state index contributed by atoms with van der Waals surface area (Å²) >= 11 is 0. The molecular formula is C20H23N3O4. The Labute approximate surface area is 157 Å². The number of benzene rings is 1. The van der Waals surface area contributed by atoms with E-state index in [9.17, 15) is 19.5 Å². The monoisotopic (exact) mass is 369 g/mol. The zero-order valence-electron chi connectivity index (χ0n) is 15.8. The lowest BCUT2D eigenvalue weighted by Gasteiger charge is -2.21. The van der Waals surface area contributed by atoms with Gasteiger partial charge >= 0.3 is 0 Å². The van der Waals surface area contributed by atoms with Gasteiger partial charge in [-0.1, -0.05) is 24.8 Å². The lowest BCUT2D eigenvalue weighted by Crippen LogP contribution is -2.38. The fourth-order valence-electron chi connectivity index (χ4n) is 2.69. The van der Waals surface area contributed by atoms with Crippen molar-refractivity contribution in [1.29, 1.82) is 0 Å². The molecule has 7 nitrogen and oxygen atoms in total. The van der Waals surface area contributed by atoms with E-state index in [1.165, 1.54) is 17.0 Å². The number of carbonyl (C=O) groups is 1. The number of para-hydroxylation sites is 1. The molecule has 0 bridgehead atoms. The SMILES string of the molecule is C=C/C(=C\C)C(C)Nc1c(Nc2cccc(C(=O)N(C)C)c2O)c(=O)c1=O. The fourth-order valence-corrected chi connectivity index (χ4v) is 2.69. The van der Waals surface area contributed by atoms with E-state index in [4.69, 9.17) is 0 Å². The molecule has 0 radical (unpaired) electrons. The smallest absolute Gasteiger partial charge is 0.257 e. The number of allylic oxidation sites excluding steroid dienone is 1. The molecule has 1 amide bonds. The van der Waals surface area contributed by atoms with Gasteiger partial charge in [0, 0.05) is 20.1 Å². The van der Waals surface area contributed by atoms with Crippen LogP contribution in [0.3, 0.4) is 0 Å². The van der Waals surface area contributed by atoms with E-state index in [2.05, 4.69) is 17.2 Å².